The zero-order valence-electron chi connectivity index (χ0n) is 12.1. The number of ether oxygens (including phenoxy) is 3. The van der Waals surface area contributed by atoms with Crippen LogP contribution in [0.4, 0.5) is 5.69 Å². The molecule has 3 rings (SSSR count). The summed E-state index contributed by atoms with van der Waals surface area (Å²) in [4.78, 5) is 11.9. The first-order chi connectivity index (χ1) is 10.8. The summed E-state index contributed by atoms with van der Waals surface area (Å²) in [5, 5.41) is 2.78. The van der Waals surface area contributed by atoms with Gasteiger partial charge in [0.05, 0.1) is 13.2 Å². The van der Waals surface area contributed by atoms with E-state index < -0.39 is 0 Å². The van der Waals surface area contributed by atoms with Crippen molar-refractivity contribution in [3.05, 3.63) is 48.5 Å². The lowest BCUT2D eigenvalue weighted by Crippen LogP contribution is -2.20. The predicted octanol–water partition coefficient (Wildman–Crippen LogP) is 2.87. The molecule has 1 aliphatic heterocycles. The maximum atomic E-state index is 11.9. The van der Waals surface area contributed by atoms with Gasteiger partial charge in [-0.15, -0.1) is 0 Å². The zero-order valence-corrected chi connectivity index (χ0v) is 12.1. The number of hydrogen-bond donors (Lipinski definition) is 1. The van der Waals surface area contributed by atoms with Crippen LogP contribution in [0, 0.1) is 0 Å². The van der Waals surface area contributed by atoms with Crippen molar-refractivity contribution >= 4 is 11.6 Å². The van der Waals surface area contributed by atoms with Gasteiger partial charge in [0.25, 0.3) is 5.91 Å². The van der Waals surface area contributed by atoms with Gasteiger partial charge in [0.1, 0.15) is 5.75 Å². The molecule has 2 aromatic carbocycles. The van der Waals surface area contributed by atoms with Crippen LogP contribution in [0.2, 0.25) is 0 Å². The summed E-state index contributed by atoms with van der Waals surface area (Å²) < 4.78 is 16.5. The van der Waals surface area contributed by atoms with Crippen molar-refractivity contribution < 1.29 is 19.0 Å². The van der Waals surface area contributed by atoms with Gasteiger partial charge in [0.15, 0.2) is 18.1 Å². The Balaban J connectivity index is 1.58. The normalized spacial score (nSPS) is 13.1. The van der Waals surface area contributed by atoms with Crippen LogP contribution < -0.4 is 19.5 Å². The van der Waals surface area contributed by atoms with Crippen LogP contribution in [0.25, 0.3) is 0 Å². The second kappa shape index (κ2) is 6.85. The average Bonchev–Trinajstić information content (AvgIpc) is 2.79. The number of carbonyl (C=O) groups is 1. The lowest BCUT2D eigenvalue weighted by Gasteiger charge is -2.11. The van der Waals surface area contributed by atoms with E-state index in [0.29, 0.717) is 36.1 Å². The van der Waals surface area contributed by atoms with Crippen molar-refractivity contribution in [3.63, 3.8) is 0 Å². The second-order valence-corrected chi connectivity index (χ2v) is 4.86. The topological polar surface area (TPSA) is 56.8 Å². The van der Waals surface area contributed by atoms with Crippen molar-refractivity contribution in [1.29, 1.82) is 0 Å². The van der Waals surface area contributed by atoms with E-state index in [0.717, 1.165) is 6.42 Å². The van der Waals surface area contributed by atoms with Crippen LogP contribution in [-0.4, -0.2) is 25.7 Å². The minimum atomic E-state index is -0.224. The number of anilines is 1. The first-order valence-corrected chi connectivity index (χ1v) is 7.18. The molecule has 2 aromatic rings. The van der Waals surface area contributed by atoms with Gasteiger partial charge in [-0.05, 0) is 24.3 Å². The van der Waals surface area contributed by atoms with Crippen LogP contribution in [-0.2, 0) is 4.79 Å². The Morgan fingerprint density at radius 2 is 1.82 bits per heavy atom. The molecule has 1 aliphatic rings. The third kappa shape index (κ3) is 3.69. The van der Waals surface area contributed by atoms with Gasteiger partial charge in [0, 0.05) is 18.2 Å². The minimum absolute atomic E-state index is 0.0432. The van der Waals surface area contributed by atoms with Crippen molar-refractivity contribution in [1.82, 2.24) is 0 Å². The molecule has 0 atom stereocenters. The molecule has 0 aromatic heterocycles. The number of nitrogens with one attached hydrogen (secondary N) is 1. The number of hydrogen-bond acceptors (Lipinski definition) is 4. The molecule has 0 saturated heterocycles. The second-order valence-electron chi connectivity index (χ2n) is 4.86. The van der Waals surface area contributed by atoms with E-state index in [1.807, 2.05) is 18.2 Å². The van der Waals surface area contributed by atoms with E-state index in [4.69, 9.17) is 14.2 Å². The first kappa shape index (κ1) is 14.3. The highest BCUT2D eigenvalue weighted by molar-refractivity contribution is 5.92. The van der Waals surface area contributed by atoms with Crippen molar-refractivity contribution in [2.24, 2.45) is 0 Å². The maximum absolute atomic E-state index is 11.9. The third-order valence-electron chi connectivity index (χ3n) is 3.14. The number of amides is 1. The fraction of sp³-hybridized carbons (Fsp3) is 0.235. The monoisotopic (exact) mass is 299 g/mol. The Morgan fingerprint density at radius 1 is 1.05 bits per heavy atom. The summed E-state index contributed by atoms with van der Waals surface area (Å²) in [6.45, 7) is 1.21. The molecular formula is C17H17NO4. The summed E-state index contributed by atoms with van der Waals surface area (Å²) in [7, 11) is 0. The molecule has 0 saturated carbocycles. The molecule has 0 aliphatic carbocycles. The Labute approximate surface area is 128 Å². The summed E-state index contributed by atoms with van der Waals surface area (Å²) in [6.07, 6.45) is 0.849. The minimum Gasteiger partial charge on any atom is -0.490 e. The van der Waals surface area contributed by atoms with Crippen LogP contribution in [0.15, 0.2) is 48.5 Å². The lowest BCUT2D eigenvalue weighted by atomic mass is 10.2. The molecule has 0 unspecified atom stereocenters. The molecule has 1 amide bonds. The van der Waals surface area contributed by atoms with Gasteiger partial charge in [-0.1, -0.05) is 18.2 Å². The fourth-order valence-electron chi connectivity index (χ4n) is 2.10. The molecular weight excluding hydrogens is 282 g/mol. The molecule has 114 valence electrons. The Hall–Kier alpha value is -2.69. The number of fused-ring (bicyclic) bond motifs is 1. The molecule has 0 bridgehead atoms. The standard InChI is InChI=1S/C17H17NO4/c19-17(12-22-14-5-2-1-3-6-14)18-13-7-8-15-16(11-13)21-10-4-9-20-15/h1-3,5-8,11H,4,9-10,12H2,(H,18,19). The number of rotatable bonds is 4. The van der Waals surface area contributed by atoms with E-state index in [9.17, 15) is 4.79 Å². The fourth-order valence-corrected chi connectivity index (χ4v) is 2.10. The molecule has 0 spiro atoms. The van der Waals surface area contributed by atoms with E-state index in [1.54, 1.807) is 30.3 Å². The van der Waals surface area contributed by atoms with Crippen molar-refractivity contribution in [3.8, 4) is 17.2 Å². The zero-order chi connectivity index (χ0) is 15.2. The average molecular weight is 299 g/mol. The van der Waals surface area contributed by atoms with Crippen LogP contribution >= 0.6 is 0 Å². The van der Waals surface area contributed by atoms with E-state index in [1.165, 1.54) is 0 Å². The molecule has 0 radical (unpaired) electrons. The summed E-state index contributed by atoms with van der Waals surface area (Å²) in [6, 6.07) is 14.6. The van der Waals surface area contributed by atoms with Gasteiger partial charge in [-0.25, -0.2) is 0 Å². The van der Waals surface area contributed by atoms with Gasteiger partial charge in [-0.3, -0.25) is 4.79 Å². The quantitative estimate of drug-likeness (QED) is 0.943. The Bertz CT molecular complexity index is 642. The van der Waals surface area contributed by atoms with Gasteiger partial charge < -0.3 is 19.5 Å². The van der Waals surface area contributed by atoms with Crippen LogP contribution in [0.1, 0.15) is 6.42 Å². The number of benzene rings is 2. The molecule has 5 nitrogen and oxygen atoms in total. The Morgan fingerprint density at radius 3 is 2.64 bits per heavy atom. The van der Waals surface area contributed by atoms with Crippen molar-refractivity contribution in [2.45, 2.75) is 6.42 Å². The largest absolute Gasteiger partial charge is 0.490 e. The molecule has 22 heavy (non-hydrogen) atoms. The van der Waals surface area contributed by atoms with Crippen LogP contribution in [0.5, 0.6) is 17.2 Å². The molecule has 0 fully saturated rings. The Kier molecular flexibility index (Phi) is 4.44. The number of carbonyl (C=O) groups excluding carboxylic acids is 1. The highest BCUT2D eigenvalue weighted by Crippen LogP contribution is 2.32. The predicted molar refractivity (Wildman–Crippen MR) is 82.6 cm³/mol. The maximum Gasteiger partial charge on any atom is 0.262 e. The van der Waals surface area contributed by atoms with Gasteiger partial charge >= 0.3 is 0 Å². The molecule has 5 heteroatoms. The lowest BCUT2D eigenvalue weighted by molar-refractivity contribution is -0.118. The highest BCUT2D eigenvalue weighted by Gasteiger charge is 2.12. The SMILES string of the molecule is O=C(COc1ccccc1)Nc1ccc2c(c1)OCCCO2. The summed E-state index contributed by atoms with van der Waals surface area (Å²) >= 11 is 0. The van der Waals surface area contributed by atoms with E-state index >= 15 is 0 Å². The third-order valence-corrected chi connectivity index (χ3v) is 3.14. The van der Waals surface area contributed by atoms with Gasteiger partial charge in [0.2, 0.25) is 0 Å². The van der Waals surface area contributed by atoms with Crippen LogP contribution in [0.3, 0.4) is 0 Å². The smallest absolute Gasteiger partial charge is 0.262 e. The number of para-hydroxylation sites is 1. The molecule has 1 heterocycles. The molecule has 1 N–H and O–H groups in total. The van der Waals surface area contributed by atoms with E-state index in [2.05, 4.69) is 5.32 Å². The summed E-state index contributed by atoms with van der Waals surface area (Å²) in [5.41, 5.74) is 0.658. The first-order valence-electron chi connectivity index (χ1n) is 7.18. The summed E-state index contributed by atoms with van der Waals surface area (Å²) in [5.74, 6) is 1.80. The van der Waals surface area contributed by atoms with Crippen molar-refractivity contribution in [2.75, 3.05) is 25.1 Å². The van der Waals surface area contributed by atoms with Gasteiger partial charge in [-0.2, -0.15) is 0 Å². The highest BCUT2D eigenvalue weighted by atomic mass is 16.5. The van der Waals surface area contributed by atoms with E-state index in [-0.39, 0.29) is 12.5 Å².